The maximum Gasteiger partial charge on any atom is 0.255 e. The number of β-amino-alcohol motifs (C(OH)–C–C–N with tert-alkyl or cyclic N) is 2. The average Bonchev–Trinajstić information content (AvgIpc) is 4.20. The number of anilines is 1. The maximum absolute atomic E-state index is 14.2. The number of fused-ring (bicyclic) bond motifs is 1. The lowest BCUT2D eigenvalue weighted by Crippen LogP contribution is -2.55. The molecule has 2 unspecified atom stereocenters. The standard InChI is InChI=1S/C58H62N6O8S/c1-35(2)53(64-30-42-8-4-5-13-49(42)57(64)69)58(70)63-32-45(66)27-52(63)56(68)60-28-37-14-18-39(19-15-37)48-22-23-71-33-50(48)41-9-6-11-46(24-41)72-47-12-7-10-43(25-47)62-31-44(65)26-51(62)55(67)59-29-38-16-20-40(21-17-38)54-36(3)61-34-73-54/h4-21,24-25,34-35,44-45,48,50-53,65-66H,22-23,26-33H2,1-3H3,(H,59,67)(H,60,68)/t44-,45-,48?,50?,51+,52+,53+/m1/s1. The number of aromatic nitrogens is 1. The number of aliphatic hydroxyl groups excluding tert-OH is 2. The summed E-state index contributed by atoms with van der Waals surface area (Å²) in [7, 11) is 0. The smallest absolute Gasteiger partial charge is 0.255 e. The highest BCUT2D eigenvalue weighted by atomic mass is 32.1. The normalized spacial score (nSPS) is 22.1. The molecule has 7 atom stereocenters. The van der Waals surface area contributed by atoms with E-state index < -0.39 is 30.3 Å². The van der Waals surface area contributed by atoms with Crippen molar-refractivity contribution >= 4 is 40.7 Å². The number of aryl methyl sites for hydroxylation is 1. The SMILES string of the molecule is Cc1ncsc1-c1ccc(CNC(=O)[C@@H]2C[C@@H](O)CN2c2cccc(Oc3cccc(C4COCCC4c4ccc(CNC(=O)[C@@H]5C[C@@H](O)CN5C(=O)[C@H](C(C)C)N5Cc6ccccc6C5=O)cc4)c3)c2)cc1. The second kappa shape index (κ2) is 21.7. The van der Waals surface area contributed by atoms with Crippen LogP contribution >= 0.6 is 11.3 Å². The van der Waals surface area contributed by atoms with Gasteiger partial charge in [0.1, 0.15) is 29.6 Å². The molecule has 5 aromatic carbocycles. The van der Waals surface area contributed by atoms with Gasteiger partial charge in [-0.05, 0) is 88.9 Å². The van der Waals surface area contributed by atoms with Crippen LogP contribution in [-0.4, -0.2) is 105 Å². The molecule has 4 aliphatic heterocycles. The Balaban J connectivity index is 0.753. The average molecular weight is 1000 g/mol. The van der Waals surface area contributed by atoms with Gasteiger partial charge in [0, 0.05) is 75.4 Å². The minimum atomic E-state index is -0.861. The van der Waals surface area contributed by atoms with Crippen LogP contribution in [0.2, 0.25) is 0 Å². The molecule has 4 N–H and O–H groups in total. The van der Waals surface area contributed by atoms with Crippen molar-refractivity contribution in [1.29, 1.82) is 0 Å². The van der Waals surface area contributed by atoms with Crippen LogP contribution in [0.5, 0.6) is 11.5 Å². The third-order valence-electron chi connectivity index (χ3n) is 14.8. The van der Waals surface area contributed by atoms with Crippen molar-refractivity contribution in [2.45, 2.75) is 102 Å². The third-order valence-corrected chi connectivity index (χ3v) is 15.8. The Labute approximate surface area is 430 Å². The van der Waals surface area contributed by atoms with Crippen molar-refractivity contribution in [3.8, 4) is 21.9 Å². The Morgan fingerprint density at radius 3 is 2.16 bits per heavy atom. The molecule has 3 saturated heterocycles. The third kappa shape index (κ3) is 10.8. The molecule has 0 radical (unpaired) electrons. The first kappa shape index (κ1) is 49.7. The summed E-state index contributed by atoms with van der Waals surface area (Å²) in [6.45, 7) is 8.26. The molecule has 1 aromatic heterocycles. The Morgan fingerprint density at radius 1 is 0.781 bits per heavy atom. The van der Waals surface area contributed by atoms with Crippen molar-refractivity contribution in [3.63, 3.8) is 0 Å². The lowest BCUT2D eigenvalue weighted by Gasteiger charge is -2.35. The van der Waals surface area contributed by atoms with Gasteiger partial charge in [0.25, 0.3) is 5.91 Å². The van der Waals surface area contributed by atoms with E-state index in [-0.39, 0.29) is 60.9 Å². The van der Waals surface area contributed by atoms with Crippen LogP contribution in [0, 0.1) is 12.8 Å². The highest BCUT2D eigenvalue weighted by molar-refractivity contribution is 7.13. The summed E-state index contributed by atoms with van der Waals surface area (Å²) >= 11 is 1.61. The number of nitrogens with zero attached hydrogens (tertiary/aromatic N) is 4. The second-order valence-electron chi connectivity index (χ2n) is 20.1. The molecule has 4 aliphatic rings. The molecular formula is C58H62N6O8S. The molecular weight excluding hydrogens is 941 g/mol. The van der Waals surface area contributed by atoms with Gasteiger partial charge in [0.05, 0.1) is 34.9 Å². The van der Waals surface area contributed by atoms with Crippen LogP contribution in [0.25, 0.3) is 10.4 Å². The summed E-state index contributed by atoms with van der Waals surface area (Å²) < 4.78 is 12.5. The number of ether oxygens (including phenoxy) is 2. The molecule has 15 heteroatoms. The van der Waals surface area contributed by atoms with E-state index >= 15 is 0 Å². The lowest BCUT2D eigenvalue weighted by molar-refractivity contribution is -0.143. The highest BCUT2D eigenvalue weighted by Crippen LogP contribution is 2.41. The Bertz CT molecular complexity index is 2960. The Hall–Kier alpha value is -6.91. The van der Waals surface area contributed by atoms with Gasteiger partial charge in [-0.25, -0.2) is 4.98 Å². The number of nitrogens with one attached hydrogen (secondary N) is 2. The molecule has 14 nitrogen and oxygen atoms in total. The van der Waals surface area contributed by atoms with Gasteiger partial charge in [-0.15, -0.1) is 11.3 Å². The number of amides is 4. The first-order valence-corrected chi connectivity index (χ1v) is 26.2. The van der Waals surface area contributed by atoms with Crippen molar-refractivity contribution < 1.29 is 38.9 Å². The highest BCUT2D eigenvalue weighted by Gasteiger charge is 2.46. The van der Waals surface area contributed by atoms with E-state index in [2.05, 4.69) is 52.0 Å². The Kier molecular flexibility index (Phi) is 14.7. The quantitative estimate of drug-likeness (QED) is 0.0798. The first-order chi connectivity index (χ1) is 35.4. The van der Waals surface area contributed by atoms with Crippen molar-refractivity contribution in [2.24, 2.45) is 5.92 Å². The second-order valence-corrected chi connectivity index (χ2v) is 21.0. The van der Waals surface area contributed by atoms with Crippen molar-refractivity contribution in [2.75, 3.05) is 31.2 Å². The van der Waals surface area contributed by atoms with Crippen molar-refractivity contribution in [1.82, 2.24) is 25.4 Å². The van der Waals surface area contributed by atoms with Gasteiger partial charge in [-0.3, -0.25) is 19.2 Å². The van der Waals surface area contributed by atoms with Gasteiger partial charge in [-0.1, -0.05) is 98.8 Å². The molecule has 0 spiro atoms. The van der Waals surface area contributed by atoms with Gasteiger partial charge in [0.2, 0.25) is 17.7 Å². The zero-order valence-corrected chi connectivity index (χ0v) is 42.2. The molecule has 0 bridgehead atoms. The summed E-state index contributed by atoms with van der Waals surface area (Å²) in [5, 5.41) is 27.6. The van der Waals surface area contributed by atoms with Gasteiger partial charge < -0.3 is 45.0 Å². The summed E-state index contributed by atoms with van der Waals surface area (Å²) in [5.41, 5.74) is 10.3. The number of hydrogen-bond donors (Lipinski definition) is 4. The minimum absolute atomic E-state index is 0.0255. The maximum atomic E-state index is 14.2. The largest absolute Gasteiger partial charge is 0.457 e. The van der Waals surface area contributed by atoms with Crippen LogP contribution in [-0.2, 0) is 38.8 Å². The van der Waals surface area contributed by atoms with E-state index in [1.807, 2.05) is 110 Å². The Morgan fingerprint density at radius 2 is 1.45 bits per heavy atom. The monoisotopic (exact) mass is 1000 g/mol. The number of thiazole rings is 1. The zero-order valence-electron chi connectivity index (χ0n) is 41.4. The van der Waals surface area contributed by atoms with Gasteiger partial charge in [-0.2, -0.15) is 0 Å². The molecule has 3 fully saturated rings. The lowest BCUT2D eigenvalue weighted by atomic mass is 9.78. The summed E-state index contributed by atoms with van der Waals surface area (Å²) in [5.74, 6) is 0.265. The van der Waals surface area contributed by atoms with E-state index in [9.17, 15) is 29.4 Å². The van der Waals surface area contributed by atoms with Crippen LogP contribution in [0.4, 0.5) is 5.69 Å². The van der Waals surface area contributed by atoms with Crippen LogP contribution in [0.3, 0.4) is 0 Å². The minimum Gasteiger partial charge on any atom is -0.457 e. The molecule has 4 amide bonds. The molecule has 5 heterocycles. The van der Waals surface area contributed by atoms with Crippen LogP contribution in [0.1, 0.15) is 88.8 Å². The summed E-state index contributed by atoms with van der Waals surface area (Å²) in [6.07, 6.45) is -0.237. The zero-order chi connectivity index (χ0) is 50.8. The molecule has 378 valence electrons. The number of benzene rings is 5. The predicted octanol–water partition coefficient (Wildman–Crippen LogP) is 7.71. The number of aliphatic hydroxyl groups is 2. The summed E-state index contributed by atoms with van der Waals surface area (Å²) in [6, 6.07) is 37.3. The topological polar surface area (TPSA) is 174 Å². The number of hydrogen-bond acceptors (Lipinski definition) is 11. The molecule has 10 rings (SSSR count). The van der Waals surface area contributed by atoms with E-state index in [1.54, 1.807) is 22.3 Å². The van der Waals surface area contributed by atoms with Gasteiger partial charge in [0.15, 0.2) is 0 Å². The van der Waals surface area contributed by atoms with E-state index in [0.29, 0.717) is 56.3 Å². The van der Waals surface area contributed by atoms with Gasteiger partial charge >= 0.3 is 0 Å². The predicted molar refractivity (Wildman–Crippen MR) is 279 cm³/mol. The van der Waals surface area contributed by atoms with E-state index in [0.717, 1.165) is 56.1 Å². The van der Waals surface area contributed by atoms with Crippen LogP contribution < -0.4 is 20.3 Å². The fourth-order valence-electron chi connectivity index (χ4n) is 11.1. The molecule has 73 heavy (non-hydrogen) atoms. The first-order valence-electron chi connectivity index (χ1n) is 25.3. The number of likely N-dealkylation sites (tertiary alicyclic amines) is 1. The fraction of sp³-hybridized carbons (Fsp3) is 0.362. The van der Waals surface area contributed by atoms with E-state index in [1.165, 1.54) is 4.90 Å². The summed E-state index contributed by atoms with van der Waals surface area (Å²) in [4.78, 5) is 65.5. The number of rotatable bonds is 15. The fourth-order valence-corrected chi connectivity index (χ4v) is 11.9. The number of carbonyl (C=O) groups is 4. The van der Waals surface area contributed by atoms with E-state index in [4.69, 9.17) is 9.47 Å². The number of carbonyl (C=O) groups excluding carboxylic acids is 4. The molecule has 6 aromatic rings. The van der Waals surface area contributed by atoms with Crippen LogP contribution in [0.15, 0.2) is 127 Å². The molecule has 0 saturated carbocycles. The molecule has 0 aliphatic carbocycles. The van der Waals surface area contributed by atoms with Crippen molar-refractivity contribution in [3.05, 3.63) is 166 Å².